The van der Waals surface area contributed by atoms with Crippen LogP contribution in [-0.4, -0.2) is 15.0 Å². The Morgan fingerprint density at radius 3 is 2.31 bits per heavy atom. The number of aryl methyl sites for hydroxylation is 1. The van der Waals surface area contributed by atoms with Gasteiger partial charge in [-0.2, -0.15) is 8.42 Å². The third kappa shape index (κ3) is 3.61. The van der Waals surface area contributed by atoms with Crippen LogP contribution in [0.4, 0.5) is 0 Å². The summed E-state index contributed by atoms with van der Waals surface area (Å²) >= 11 is 0. The highest BCUT2D eigenvalue weighted by atomic mass is 32.2. The van der Waals surface area contributed by atoms with Crippen molar-refractivity contribution >= 4 is 10.1 Å². The lowest BCUT2D eigenvalue weighted by molar-refractivity contribution is 0.261. The van der Waals surface area contributed by atoms with Crippen LogP contribution in [0.5, 0.6) is 0 Å². The standard InChI is InChI=1S/C12H18O3S/c1-4-10(2)9-15-16(13,14)12-7-5-11(3)6-8-12/h5-8,10H,4,9H2,1-3H3/t10-/m1/s1. The molecular formula is C12H18O3S. The molecule has 1 atom stereocenters. The summed E-state index contributed by atoms with van der Waals surface area (Å²) in [6, 6.07) is 6.67. The van der Waals surface area contributed by atoms with Crippen LogP contribution in [-0.2, 0) is 14.3 Å². The Morgan fingerprint density at radius 1 is 1.25 bits per heavy atom. The zero-order valence-electron chi connectivity index (χ0n) is 9.93. The maximum Gasteiger partial charge on any atom is 0.296 e. The Bertz CT molecular complexity index is 420. The first-order chi connectivity index (χ1) is 7.45. The van der Waals surface area contributed by atoms with E-state index in [1.807, 2.05) is 20.8 Å². The van der Waals surface area contributed by atoms with Crippen molar-refractivity contribution in [1.82, 2.24) is 0 Å². The SMILES string of the molecule is CC[C@@H](C)COS(=O)(=O)c1ccc(C)cc1. The Hall–Kier alpha value is -0.870. The van der Waals surface area contributed by atoms with E-state index in [9.17, 15) is 8.42 Å². The van der Waals surface area contributed by atoms with Crippen molar-refractivity contribution in [2.75, 3.05) is 6.61 Å². The summed E-state index contributed by atoms with van der Waals surface area (Å²) < 4.78 is 28.5. The average Bonchev–Trinajstić information content (AvgIpc) is 2.26. The zero-order chi connectivity index (χ0) is 12.2. The molecule has 0 radical (unpaired) electrons. The van der Waals surface area contributed by atoms with Gasteiger partial charge in [0.15, 0.2) is 0 Å². The van der Waals surface area contributed by atoms with Gasteiger partial charge in [0.05, 0.1) is 11.5 Å². The van der Waals surface area contributed by atoms with Gasteiger partial charge in [-0.05, 0) is 25.0 Å². The number of hydrogen-bond donors (Lipinski definition) is 0. The van der Waals surface area contributed by atoms with Crippen LogP contribution in [0, 0.1) is 12.8 Å². The van der Waals surface area contributed by atoms with Crippen molar-refractivity contribution in [2.24, 2.45) is 5.92 Å². The van der Waals surface area contributed by atoms with Gasteiger partial charge >= 0.3 is 0 Å². The molecule has 3 nitrogen and oxygen atoms in total. The van der Waals surface area contributed by atoms with Gasteiger partial charge in [0.1, 0.15) is 0 Å². The molecule has 0 unspecified atom stereocenters. The van der Waals surface area contributed by atoms with Crippen molar-refractivity contribution in [1.29, 1.82) is 0 Å². The fourth-order valence-electron chi connectivity index (χ4n) is 1.10. The van der Waals surface area contributed by atoms with Gasteiger partial charge in [-0.15, -0.1) is 0 Å². The highest BCUT2D eigenvalue weighted by Gasteiger charge is 2.15. The van der Waals surface area contributed by atoms with Crippen molar-refractivity contribution < 1.29 is 12.6 Å². The molecule has 0 saturated heterocycles. The van der Waals surface area contributed by atoms with E-state index >= 15 is 0 Å². The molecule has 1 aromatic carbocycles. The Kier molecular flexibility index (Phi) is 4.50. The van der Waals surface area contributed by atoms with Crippen LogP contribution in [0.1, 0.15) is 25.8 Å². The normalized spacial score (nSPS) is 13.7. The molecule has 0 aromatic heterocycles. The molecule has 0 amide bonds. The molecule has 4 heteroatoms. The van der Waals surface area contributed by atoms with Crippen LogP contribution in [0.25, 0.3) is 0 Å². The fourth-order valence-corrected chi connectivity index (χ4v) is 2.11. The maximum absolute atomic E-state index is 11.7. The number of hydrogen-bond acceptors (Lipinski definition) is 3. The summed E-state index contributed by atoms with van der Waals surface area (Å²) in [5.74, 6) is 0.250. The van der Waals surface area contributed by atoms with Crippen LogP contribution >= 0.6 is 0 Å². The van der Waals surface area contributed by atoms with Crippen LogP contribution in [0.2, 0.25) is 0 Å². The van der Waals surface area contributed by atoms with Crippen LogP contribution in [0.3, 0.4) is 0 Å². The molecular weight excluding hydrogens is 224 g/mol. The monoisotopic (exact) mass is 242 g/mol. The minimum atomic E-state index is -3.58. The first-order valence-electron chi connectivity index (χ1n) is 5.42. The number of benzene rings is 1. The summed E-state index contributed by atoms with van der Waals surface area (Å²) in [5.41, 5.74) is 1.03. The van der Waals surface area contributed by atoms with Gasteiger partial charge in [-0.25, -0.2) is 0 Å². The molecule has 0 saturated carbocycles. The van der Waals surface area contributed by atoms with E-state index < -0.39 is 10.1 Å². The van der Waals surface area contributed by atoms with E-state index in [1.54, 1.807) is 24.3 Å². The molecule has 0 fully saturated rings. The quantitative estimate of drug-likeness (QED) is 0.746. The maximum atomic E-state index is 11.7. The summed E-state index contributed by atoms with van der Waals surface area (Å²) in [4.78, 5) is 0.224. The summed E-state index contributed by atoms with van der Waals surface area (Å²) in [7, 11) is -3.58. The zero-order valence-corrected chi connectivity index (χ0v) is 10.8. The van der Waals surface area contributed by atoms with Gasteiger partial charge in [0.2, 0.25) is 0 Å². The summed E-state index contributed by atoms with van der Waals surface area (Å²) in [6.45, 7) is 6.13. The Balaban J connectivity index is 2.74. The van der Waals surface area contributed by atoms with E-state index in [0.29, 0.717) is 0 Å². The van der Waals surface area contributed by atoms with E-state index in [1.165, 1.54) is 0 Å². The minimum Gasteiger partial charge on any atom is -0.266 e. The molecule has 0 spiro atoms. The van der Waals surface area contributed by atoms with E-state index in [2.05, 4.69) is 0 Å². The highest BCUT2D eigenvalue weighted by Crippen LogP contribution is 2.14. The topological polar surface area (TPSA) is 43.4 Å². The van der Waals surface area contributed by atoms with Crippen molar-refractivity contribution in [3.05, 3.63) is 29.8 Å². The van der Waals surface area contributed by atoms with Gasteiger partial charge in [-0.1, -0.05) is 38.0 Å². The van der Waals surface area contributed by atoms with Crippen molar-refractivity contribution in [3.63, 3.8) is 0 Å². The lowest BCUT2D eigenvalue weighted by Gasteiger charge is -2.09. The highest BCUT2D eigenvalue weighted by molar-refractivity contribution is 7.86. The average molecular weight is 242 g/mol. The second-order valence-electron chi connectivity index (χ2n) is 4.07. The van der Waals surface area contributed by atoms with E-state index in [-0.39, 0.29) is 17.4 Å². The smallest absolute Gasteiger partial charge is 0.266 e. The molecule has 0 N–H and O–H groups in total. The fraction of sp³-hybridized carbons (Fsp3) is 0.500. The number of rotatable bonds is 5. The molecule has 1 aromatic rings. The molecule has 1 rings (SSSR count). The van der Waals surface area contributed by atoms with Crippen molar-refractivity contribution in [2.45, 2.75) is 32.1 Å². The minimum absolute atomic E-state index is 0.224. The second kappa shape index (κ2) is 5.46. The summed E-state index contributed by atoms with van der Waals surface area (Å²) in [5, 5.41) is 0. The molecule has 0 heterocycles. The van der Waals surface area contributed by atoms with E-state index in [0.717, 1.165) is 12.0 Å². The molecule has 16 heavy (non-hydrogen) atoms. The first-order valence-corrected chi connectivity index (χ1v) is 6.82. The Morgan fingerprint density at radius 2 is 1.81 bits per heavy atom. The van der Waals surface area contributed by atoms with Gasteiger partial charge in [0.25, 0.3) is 10.1 Å². The third-order valence-corrected chi connectivity index (χ3v) is 3.81. The lowest BCUT2D eigenvalue weighted by atomic mass is 10.1. The second-order valence-corrected chi connectivity index (χ2v) is 5.68. The third-order valence-electron chi connectivity index (χ3n) is 2.51. The van der Waals surface area contributed by atoms with Crippen LogP contribution in [0.15, 0.2) is 29.2 Å². The molecule has 90 valence electrons. The van der Waals surface area contributed by atoms with Gasteiger partial charge in [0, 0.05) is 0 Å². The lowest BCUT2D eigenvalue weighted by Crippen LogP contribution is -2.12. The molecule has 0 aliphatic rings. The first kappa shape index (κ1) is 13.2. The van der Waals surface area contributed by atoms with Crippen LogP contribution < -0.4 is 0 Å². The molecule has 0 bridgehead atoms. The predicted octanol–water partition coefficient (Wildman–Crippen LogP) is 2.75. The van der Waals surface area contributed by atoms with Crippen molar-refractivity contribution in [3.8, 4) is 0 Å². The molecule has 0 aliphatic carbocycles. The van der Waals surface area contributed by atoms with E-state index in [4.69, 9.17) is 4.18 Å². The molecule has 0 aliphatic heterocycles. The Labute approximate surface area is 97.6 Å². The van der Waals surface area contributed by atoms with Gasteiger partial charge < -0.3 is 0 Å². The van der Waals surface area contributed by atoms with Gasteiger partial charge in [-0.3, -0.25) is 4.18 Å². The predicted molar refractivity (Wildman–Crippen MR) is 63.8 cm³/mol. The summed E-state index contributed by atoms with van der Waals surface area (Å²) in [6.07, 6.45) is 0.906. The largest absolute Gasteiger partial charge is 0.296 e.